The summed E-state index contributed by atoms with van der Waals surface area (Å²) in [6.45, 7) is 3.71. The predicted molar refractivity (Wildman–Crippen MR) is 68.4 cm³/mol. The Balaban J connectivity index is 2.12. The molecule has 0 unspecified atom stereocenters. The van der Waals surface area contributed by atoms with E-state index in [9.17, 15) is 0 Å². The molecule has 1 aromatic carbocycles. The lowest BCUT2D eigenvalue weighted by Crippen LogP contribution is -2.35. The molecule has 4 heteroatoms. The Morgan fingerprint density at radius 2 is 2.41 bits per heavy atom. The van der Waals surface area contributed by atoms with Crippen LogP contribution in [0.4, 0.5) is 11.4 Å². The van der Waals surface area contributed by atoms with Gasteiger partial charge in [0, 0.05) is 33.4 Å². The fourth-order valence-electron chi connectivity index (χ4n) is 2.10. The molecule has 0 saturated heterocycles. The average Bonchev–Trinajstić information content (AvgIpc) is 2.38. The van der Waals surface area contributed by atoms with Crippen LogP contribution in [0.15, 0.2) is 18.2 Å². The molecule has 0 bridgehead atoms. The first-order valence-electron chi connectivity index (χ1n) is 5.87. The van der Waals surface area contributed by atoms with Crippen LogP contribution in [-0.4, -0.2) is 33.4 Å². The first-order chi connectivity index (χ1) is 8.35. The molecule has 2 rings (SSSR count). The molecule has 0 fully saturated rings. The molecule has 0 amide bonds. The van der Waals surface area contributed by atoms with Crippen molar-refractivity contribution in [2.24, 2.45) is 0 Å². The number of anilines is 2. The minimum Gasteiger partial charge on any atom is -0.385 e. The summed E-state index contributed by atoms with van der Waals surface area (Å²) in [5.74, 6) is 0. The summed E-state index contributed by atoms with van der Waals surface area (Å²) in [6.07, 6.45) is 1.02. The Morgan fingerprint density at radius 3 is 3.18 bits per heavy atom. The minimum atomic E-state index is 0.704. The number of benzene rings is 1. The number of fused-ring (bicyclic) bond motifs is 1. The molecule has 0 atom stereocenters. The van der Waals surface area contributed by atoms with Crippen molar-refractivity contribution >= 4 is 11.4 Å². The summed E-state index contributed by atoms with van der Waals surface area (Å²) in [5, 5.41) is 12.2. The molecule has 0 aliphatic carbocycles. The predicted octanol–water partition coefficient (Wildman–Crippen LogP) is 1.83. The summed E-state index contributed by atoms with van der Waals surface area (Å²) in [5.41, 5.74) is 2.95. The molecule has 1 aliphatic rings. The monoisotopic (exact) mass is 231 g/mol. The maximum Gasteiger partial charge on any atom is 0.0992 e. The molecular weight excluding hydrogens is 214 g/mol. The van der Waals surface area contributed by atoms with Crippen LogP contribution < -0.4 is 10.2 Å². The van der Waals surface area contributed by atoms with E-state index in [0.717, 1.165) is 38.3 Å². The van der Waals surface area contributed by atoms with Crippen LogP contribution in [0.2, 0.25) is 0 Å². The zero-order valence-corrected chi connectivity index (χ0v) is 10.1. The van der Waals surface area contributed by atoms with Gasteiger partial charge < -0.3 is 15.0 Å². The first kappa shape index (κ1) is 11.7. The average molecular weight is 231 g/mol. The quantitative estimate of drug-likeness (QED) is 0.803. The Labute approximate surface area is 102 Å². The van der Waals surface area contributed by atoms with E-state index in [1.807, 2.05) is 18.2 Å². The Bertz CT molecular complexity index is 425. The largest absolute Gasteiger partial charge is 0.385 e. The number of hydrogen-bond acceptors (Lipinski definition) is 4. The highest BCUT2D eigenvalue weighted by Crippen LogP contribution is 2.29. The lowest BCUT2D eigenvalue weighted by atomic mass is 10.1. The van der Waals surface area contributed by atoms with E-state index < -0.39 is 0 Å². The lowest BCUT2D eigenvalue weighted by molar-refractivity contribution is 0.196. The summed E-state index contributed by atoms with van der Waals surface area (Å²) in [7, 11) is 1.73. The zero-order chi connectivity index (χ0) is 12.1. The summed E-state index contributed by atoms with van der Waals surface area (Å²) in [4.78, 5) is 2.34. The van der Waals surface area contributed by atoms with E-state index in [4.69, 9.17) is 10.00 Å². The minimum absolute atomic E-state index is 0.704. The molecule has 0 spiro atoms. The van der Waals surface area contributed by atoms with Crippen LogP contribution in [0, 0.1) is 11.3 Å². The highest BCUT2D eigenvalue weighted by atomic mass is 16.5. The van der Waals surface area contributed by atoms with Crippen molar-refractivity contribution in [1.29, 1.82) is 5.26 Å². The van der Waals surface area contributed by atoms with Crippen LogP contribution in [0.3, 0.4) is 0 Å². The van der Waals surface area contributed by atoms with Crippen LogP contribution >= 0.6 is 0 Å². The van der Waals surface area contributed by atoms with Crippen molar-refractivity contribution in [2.45, 2.75) is 6.42 Å². The first-order valence-corrected chi connectivity index (χ1v) is 5.87. The number of hydrogen-bond donors (Lipinski definition) is 1. The van der Waals surface area contributed by atoms with E-state index in [2.05, 4.69) is 16.3 Å². The van der Waals surface area contributed by atoms with Gasteiger partial charge in [-0.2, -0.15) is 5.26 Å². The zero-order valence-electron chi connectivity index (χ0n) is 10.1. The normalized spacial score (nSPS) is 13.8. The lowest BCUT2D eigenvalue weighted by Gasteiger charge is -2.32. The standard InChI is InChI=1S/C13H17N3O/c1-17-8-2-6-16-7-5-15-12-9-11(10-14)3-4-13(12)16/h3-4,9,15H,2,5-8H2,1H3. The third kappa shape index (κ3) is 2.69. The second-order valence-corrected chi connectivity index (χ2v) is 4.10. The van der Waals surface area contributed by atoms with E-state index in [0.29, 0.717) is 5.56 Å². The van der Waals surface area contributed by atoms with Gasteiger partial charge in [-0.25, -0.2) is 0 Å². The number of rotatable bonds is 4. The molecule has 1 N–H and O–H groups in total. The highest BCUT2D eigenvalue weighted by molar-refractivity contribution is 5.73. The van der Waals surface area contributed by atoms with Gasteiger partial charge in [0.2, 0.25) is 0 Å². The van der Waals surface area contributed by atoms with E-state index in [-0.39, 0.29) is 0 Å². The number of ether oxygens (including phenoxy) is 1. The SMILES string of the molecule is COCCCN1CCNc2cc(C#N)ccc21. The van der Waals surface area contributed by atoms with Crippen molar-refractivity contribution in [1.82, 2.24) is 0 Å². The Kier molecular flexibility index (Phi) is 3.84. The number of nitriles is 1. The number of nitrogens with zero attached hydrogens (tertiary/aromatic N) is 2. The van der Waals surface area contributed by atoms with Crippen molar-refractivity contribution < 1.29 is 4.74 Å². The molecule has 1 heterocycles. The summed E-state index contributed by atoms with van der Waals surface area (Å²) >= 11 is 0. The molecule has 0 aromatic heterocycles. The van der Waals surface area contributed by atoms with Crippen LogP contribution in [-0.2, 0) is 4.74 Å². The fourth-order valence-corrected chi connectivity index (χ4v) is 2.10. The van der Waals surface area contributed by atoms with Gasteiger partial charge >= 0.3 is 0 Å². The van der Waals surface area contributed by atoms with Gasteiger partial charge in [0.15, 0.2) is 0 Å². The fraction of sp³-hybridized carbons (Fsp3) is 0.462. The van der Waals surface area contributed by atoms with Gasteiger partial charge in [0.05, 0.1) is 23.0 Å². The second kappa shape index (κ2) is 5.55. The van der Waals surface area contributed by atoms with Gasteiger partial charge in [-0.15, -0.1) is 0 Å². The van der Waals surface area contributed by atoms with Crippen LogP contribution in [0.1, 0.15) is 12.0 Å². The second-order valence-electron chi connectivity index (χ2n) is 4.10. The molecular formula is C13H17N3O. The smallest absolute Gasteiger partial charge is 0.0992 e. The van der Waals surface area contributed by atoms with E-state index >= 15 is 0 Å². The molecule has 1 aromatic rings. The van der Waals surface area contributed by atoms with Crippen molar-refractivity contribution in [3.63, 3.8) is 0 Å². The van der Waals surface area contributed by atoms with Gasteiger partial charge in [-0.1, -0.05) is 0 Å². The van der Waals surface area contributed by atoms with Gasteiger partial charge in [-0.3, -0.25) is 0 Å². The highest BCUT2D eigenvalue weighted by Gasteiger charge is 2.16. The topological polar surface area (TPSA) is 48.3 Å². The Morgan fingerprint density at radius 1 is 1.53 bits per heavy atom. The van der Waals surface area contributed by atoms with E-state index in [1.54, 1.807) is 7.11 Å². The summed E-state index contributed by atoms with van der Waals surface area (Å²) < 4.78 is 5.07. The molecule has 0 radical (unpaired) electrons. The third-order valence-electron chi connectivity index (χ3n) is 2.94. The molecule has 0 saturated carbocycles. The van der Waals surface area contributed by atoms with Gasteiger partial charge in [0.1, 0.15) is 0 Å². The molecule has 1 aliphatic heterocycles. The van der Waals surface area contributed by atoms with Crippen molar-refractivity contribution in [3.05, 3.63) is 23.8 Å². The Hall–Kier alpha value is -1.73. The maximum absolute atomic E-state index is 8.87. The molecule has 4 nitrogen and oxygen atoms in total. The number of methoxy groups -OCH3 is 1. The molecule has 17 heavy (non-hydrogen) atoms. The molecule has 90 valence electrons. The van der Waals surface area contributed by atoms with Gasteiger partial charge in [-0.05, 0) is 24.6 Å². The van der Waals surface area contributed by atoms with Crippen LogP contribution in [0.25, 0.3) is 0 Å². The third-order valence-corrected chi connectivity index (χ3v) is 2.94. The number of nitrogens with one attached hydrogen (secondary N) is 1. The van der Waals surface area contributed by atoms with E-state index in [1.165, 1.54) is 5.69 Å². The van der Waals surface area contributed by atoms with Crippen LogP contribution in [0.5, 0.6) is 0 Å². The van der Waals surface area contributed by atoms with Crippen molar-refractivity contribution in [2.75, 3.05) is 43.6 Å². The summed E-state index contributed by atoms with van der Waals surface area (Å²) in [6, 6.07) is 7.97. The van der Waals surface area contributed by atoms with Gasteiger partial charge in [0.25, 0.3) is 0 Å². The maximum atomic E-state index is 8.87. The van der Waals surface area contributed by atoms with Crippen molar-refractivity contribution in [3.8, 4) is 6.07 Å².